The molecular formula is C18H16N2O2. The molecule has 0 saturated carbocycles. The Labute approximate surface area is 129 Å². The minimum atomic E-state index is -0.332. The quantitative estimate of drug-likeness (QED) is 0.689. The summed E-state index contributed by atoms with van der Waals surface area (Å²) in [5, 5.41) is 1.10. The molecule has 2 aromatic carbocycles. The van der Waals surface area contributed by atoms with Crippen molar-refractivity contribution in [1.82, 2.24) is 4.98 Å². The lowest BCUT2D eigenvalue weighted by molar-refractivity contribution is 0.0601. The van der Waals surface area contributed by atoms with Crippen molar-refractivity contribution >= 4 is 28.2 Å². The summed E-state index contributed by atoms with van der Waals surface area (Å²) in [6.07, 6.45) is 1.79. The SMILES string of the molecule is COC(=O)c1ccc(N(C)c2cccc3cccnc23)cc1. The highest BCUT2D eigenvalue weighted by molar-refractivity contribution is 5.93. The molecule has 0 radical (unpaired) electrons. The number of benzene rings is 2. The number of pyridine rings is 1. The fraction of sp³-hybridized carbons (Fsp3) is 0.111. The van der Waals surface area contributed by atoms with E-state index in [1.54, 1.807) is 18.3 Å². The molecule has 22 heavy (non-hydrogen) atoms. The van der Waals surface area contributed by atoms with Gasteiger partial charge in [-0.25, -0.2) is 4.79 Å². The zero-order valence-electron chi connectivity index (χ0n) is 12.5. The molecule has 3 aromatic rings. The fourth-order valence-electron chi connectivity index (χ4n) is 2.44. The number of rotatable bonds is 3. The van der Waals surface area contributed by atoms with Crippen molar-refractivity contribution in [3.8, 4) is 0 Å². The van der Waals surface area contributed by atoms with Crippen LogP contribution in [0.2, 0.25) is 0 Å². The average molecular weight is 292 g/mol. The molecule has 0 saturated heterocycles. The molecule has 0 unspecified atom stereocenters. The molecule has 4 nitrogen and oxygen atoms in total. The van der Waals surface area contributed by atoms with E-state index < -0.39 is 0 Å². The van der Waals surface area contributed by atoms with Crippen LogP contribution in [-0.2, 0) is 4.74 Å². The molecule has 0 aliphatic heterocycles. The van der Waals surface area contributed by atoms with Crippen LogP contribution in [0.1, 0.15) is 10.4 Å². The molecular weight excluding hydrogens is 276 g/mol. The number of para-hydroxylation sites is 1. The Hall–Kier alpha value is -2.88. The van der Waals surface area contributed by atoms with Gasteiger partial charge in [-0.3, -0.25) is 4.98 Å². The molecule has 1 aromatic heterocycles. The van der Waals surface area contributed by atoms with Crippen molar-refractivity contribution in [2.24, 2.45) is 0 Å². The number of fused-ring (bicyclic) bond motifs is 1. The molecule has 0 aliphatic carbocycles. The summed E-state index contributed by atoms with van der Waals surface area (Å²) >= 11 is 0. The number of methoxy groups -OCH3 is 1. The Morgan fingerprint density at radius 2 is 1.77 bits per heavy atom. The molecule has 0 amide bonds. The van der Waals surface area contributed by atoms with Crippen LogP contribution in [-0.4, -0.2) is 25.1 Å². The third kappa shape index (κ3) is 2.51. The van der Waals surface area contributed by atoms with Crippen LogP contribution in [0.4, 0.5) is 11.4 Å². The van der Waals surface area contributed by atoms with Gasteiger partial charge in [-0.1, -0.05) is 18.2 Å². The fourth-order valence-corrected chi connectivity index (χ4v) is 2.44. The monoisotopic (exact) mass is 292 g/mol. The molecule has 0 bridgehead atoms. The number of anilines is 2. The van der Waals surface area contributed by atoms with Gasteiger partial charge < -0.3 is 9.64 Å². The molecule has 3 rings (SSSR count). The zero-order valence-corrected chi connectivity index (χ0v) is 12.5. The van der Waals surface area contributed by atoms with Crippen LogP contribution < -0.4 is 4.90 Å². The van der Waals surface area contributed by atoms with E-state index in [1.807, 2.05) is 49.5 Å². The summed E-state index contributed by atoms with van der Waals surface area (Å²) in [5.41, 5.74) is 3.48. The first kappa shape index (κ1) is 14.1. The van der Waals surface area contributed by atoms with Crippen molar-refractivity contribution in [2.45, 2.75) is 0 Å². The van der Waals surface area contributed by atoms with Crippen molar-refractivity contribution in [2.75, 3.05) is 19.1 Å². The van der Waals surface area contributed by atoms with E-state index in [0.29, 0.717) is 5.56 Å². The summed E-state index contributed by atoms with van der Waals surface area (Å²) in [6.45, 7) is 0. The maximum Gasteiger partial charge on any atom is 0.337 e. The normalized spacial score (nSPS) is 10.5. The van der Waals surface area contributed by atoms with Crippen LogP contribution >= 0.6 is 0 Å². The second-order valence-electron chi connectivity index (χ2n) is 4.95. The van der Waals surface area contributed by atoms with Crippen molar-refractivity contribution < 1.29 is 9.53 Å². The maximum absolute atomic E-state index is 11.5. The van der Waals surface area contributed by atoms with Crippen LogP contribution in [0.5, 0.6) is 0 Å². The van der Waals surface area contributed by atoms with Crippen LogP contribution in [0.25, 0.3) is 10.9 Å². The largest absolute Gasteiger partial charge is 0.465 e. The van der Waals surface area contributed by atoms with Gasteiger partial charge in [0.1, 0.15) is 0 Å². The van der Waals surface area contributed by atoms with Gasteiger partial charge in [-0.15, -0.1) is 0 Å². The highest BCUT2D eigenvalue weighted by Crippen LogP contribution is 2.29. The Bertz CT molecular complexity index is 807. The van der Waals surface area contributed by atoms with E-state index in [-0.39, 0.29) is 5.97 Å². The van der Waals surface area contributed by atoms with Gasteiger partial charge >= 0.3 is 5.97 Å². The molecule has 4 heteroatoms. The molecule has 0 aliphatic rings. The predicted octanol–water partition coefficient (Wildman–Crippen LogP) is 3.79. The Morgan fingerprint density at radius 3 is 2.50 bits per heavy atom. The van der Waals surface area contributed by atoms with E-state index >= 15 is 0 Å². The van der Waals surface area contributed by atoms with Crippen molar-refractivity contribution in [1.29, 1.82) is 0 Å². The summed E-state index contributed by atoms with van der Waals surface area (Å²) in [4.78, 5) is 18.0. The molecule has 110 valence electrons. The van der Waals surface area contributed by atoms with Crippen molar-refractivity contribution in [3.63, 3.8) is 0 Å². The third-order valence-corrected chi connectivity index (χ3v) is 3.65. The van der Waals surface area contributed by atoms with E-state index in [0.717, 1.165) is 22.3 Å². The van der Waals surface area contributed by atoms with E-state index in [2.05, 4.69) is 9.88 Å². The first-order chi connectivity index (χ1) is 10.7. The average Bonchev–Trinajstić information content (AvgIpc) is 2.60. The lowest BCUT2D eigenvalue weighted by Crippen LogP contribution is -2.10. The van der Waals surface area contributed by atoms with Gasteiger partial charge in [-0.05, 0) is 36.4 Å². The van der Waals surface area contributed by atoms with E-state index in [4.69, 9.17) is 4.74 Å². The lowest BCUT2D eigenvalue weighted by atomic mass is 10.1. The molecule has 0 fully saturated rings. The number of esters is 1. The minimum absolute atomic E-state index is 0.332. The van der Waals surface area contributed by atoms with Crippen LogP contribution in [0.3, 0.4) is 0 Å². The lowest BCUT2D eigenvalue weighted by Gasteiger charge is -2.21. The first-order valence-corrected chi connectivity index (χ1v) is 6.96. The van der Waals surface area contributed by atoms with Gasteiger partial charge in [-0.2, -0.15) is 0 Å². The second-order valence-corrected chi connectivity index (χ2v) is 4.95. The number of carbonyl (C=O) groups excluding carboxylic acids is 1. The summed E-state index contributed by atoms with van der Waals surface area (Å²) < 4.78 is 4.72. The molecule has 0 atom stereocenters. The number of carbonyl (C=O) groups is 1. The highest BCUT2D eigenvalue weighted by Gasteiger charge is 2.10. The van der Waals surface area contributed by atoms with Crippen molar-refractivity contribution in [3.05, 3.63) is 66.4 Å². The van der Waals surface area contributed by atoms with E-state index in [1.165, 1.54) is 7.11 Å². The van der Waals surface area contributed by atoms with Crippen LogP contribution in [0, 0.1) is 0 Å². The Kier molecular flexibility index (Phi) is 3.74. The van der Waals surface area contributed by atoms with Gasteiger partial charge in [0.2, 0.25) is 0 Å². The second kappa shape index (κ2) is 5.85. The zero-order chi connectivity index (χ0) is 15.5. The Balaban J connectivity index is 1.99. The molecule has 0 N–H and O–H groups in total. The summed E-state index contributed by atoms with van der Waals surface area (Å²) in [5.74, 6) is -0.332. The number of ether oxygens (including phenoxy) is 1. The van der Waals surface area contributed by atoms with Gasteiger partial charge in [0, 0.05) is 24.3 Å². The highest BCUT2D eigenvalue weighted by atomic mass is 16.5. The number of aromatic nitrogens is 1. The third-order valence-electron chi connectivity index (χ3n) is 3.65. The topological polar surface area (TPSA) is 42.4 Å². The molecule has 0 spiro atoms. The standard InChI is InChI=1S/C18H16N2O2/c1-20(15-10-8-14(9-11-15)18(21)22-2)16-7-3-5-13-6-4-12-19-17(13)16/h3-12H,1-2H3. The van der Waals surface area contributed by atoms with Gasteiger partial charge in [0.15, 0.2) is 0 Å². The smallest absolute Gasteiger partial charge is 0.337 e. The maximum atomic E-state index is 11.5. The number of nitrogens with zero attached hydrogens (tertiary/aromatic N) is 2. The van der Waals surface area contributed by atoms with Crippen LogP contribution in [0.15, 0.2) is 60.8 Å². The first-order valence-electron chi connectivity index (χ1n) is 6.96. The predicted molar refractivity (Wildman–Crippen MR) is 87.6 cm³/mol. The Morgan fingerprint density at radius 1 is 1.05 bits per heavy atom. The minimum Gasteiger partial charge on any atom is -0.465 e. The van der Waals surface area contributed by atoms with Gasteiger partial charge in [0.25, 0.3) is 0 Å². The molecule has 1 heterocycles. The van der Waals surface area contributed by atoms with Gasteiger partial charge in [0.05, 0.1) is 23.9 Å². The number of hydrogen-bond acceptors (Lipinski definition) is 4. The number of hydrogen-bond donors (Lipinski definition) is 0. The van der Waals surface area contributed by atoms with E-state index in [9.17, 15) is 4.79 Å². The summed E-state index contributed by atoms with van der Waals surface area (Å²) in [6, 6.07) is 17.4. The summed E-state index contributed by atoms with van der Waals surface area (Å²) in [7, 11) is 3.36.